The van der Waals surface area contributed by atoms with Crippen molar-refractivity contribution in [1.29, 1.82) is 5.26 Å². The molecule has 1 aromatic carbocycles. The molecule has 2 rings (SSSR count). The summed E-state index contributed by atoms with van der Waals surface area (Å²) in [6.45, 7) is 4.19. The molecule has 0 spiro atoms. The topological polar surface area (TPSA) is 57.5 Å². The molecule has 1 aliphatic rings. The largest absolute Gasteiger partial charge is 0.496 e. The Labute approximate surface area is 120 Å². The summed E-state index contributed by atoms with van der Waals surface area (Å²) in [5, 5.41) is 12.3. The van der Waals surface area contributed by atoms with Crippen molar-refractivity contribution in [3.8, 4) is 11.8 Å². The SMILES string of the molecule is COc1ccc(C#N)cc1CNCC1CN(C)CCO1. The smallest absolute Gasteiger partial charge is 0.123 e. The van der Waals surface area contributed by atoms with Crippen molar-refractivity contribution in [2.24, 2.45) is 0 Å². The van der Waals surface area contributed by atoms with E-state index in [2.05, 4.69) is 23.3 Å². The number of nitrogens with one attached hydrogen (secondary N) is 1. The highest BCUT2D eigenvalue weighted by Gasteiger charge is 2.17. The number of hydrogen-bond acceptors (Lipinski definition) is 5. The Morgan fingerprint density at radius 2 is 2.40 bits per heavy atom. The van der Waals surface area contributed by atoms with Gasteiger partial charge in [0.2, 0.25) is 0 Å². The fourth-order valence-corrected chi connectivity index (χ4v) is 2.34. The summed E-state index contributed by atoms with van der Waals surface area (Å²) in [5.41, 5.74) is 1.65. The van der Waals surface area contributed by atoms with Gasteiger partial charge >= 0.3 is 0 Å². The molecular formula is C15H21N3O2. The number of ether oxygens (including phenoxy) is 2. The maximum Gasteiger partial charge on any atom is 0.123 e. The lowest BCUT2D eigenvalue weighted by Gasteiger charge is -2.30. The van der Waals surface area contributed by atoms with E-state index in [1.807, 2.05) is 12.1 Å². The van der Waals surface area contributed by atoms with E-state index in [-0.39, 0.29) is 6.10 Å². The number of hydrogen-bond donors (Lipinski definition) is 1. The second kappa shape index (κ2) is 7.25. The minimum absolute atomic E-state index is 0.221. The Morgan fingerprint density at radius 1 is 1.55 bits per heavy atom. The number of nitrogens with zero attached hydrogens (tertiary/aromatic N) is 2. The lowest BCUT2D eigenvalue weighted by atomic mass is 10.1. The molecule has 108 valence electrons. The van der Waals surface area contributed by atoms with Crippen LogP contribution < -0.4 is 10.1 Å². The maximum absolute atomic E-state index is 8.95. The monoisotopic (exact) mass is 275 g/mol. The molecule has 0 radical (unpaired) electrons. The molecule has 1 heterocycles. The molecule has 1 saturated heterocycles. The Morgan fingerprint density at radius 3 is 3.10 bits per heavy atom. The zero-order chi connectivity index (χ0) is 14.4. The molecule has 0 saturated carbocycles. The van der Waals surface area contributed by atoms with Crippen LogP contribution in [-0.2, 0) is 11.3 Å². The summed E-state index contributed by atoms with van der Waals surface area (Å²) < 4.78 is 11.0. The van der Waals surface area contributed by atoms with Crippen LogP contribution in [0.25, 0.3) is 0 Å². The van der Waals surface area contributed by atoms with Crippen LogP contribution in [-0.4, -0.2) is 51.4 Å². The fourth-order valence-electron chi connectivity index (χ4n) is 2.34. The van der Waals surface area contributed by atoms with Crippen LogP contribution in [0.4, 0.5) is 0 Å². The van der Waals surface area contributed by atoms with Crippen molar-refractivity contribution in [3.63, 3.8) is 0 Å². The van der Waals surface area contributed by atoms with Crippen molar-refractivity contribution in [2.75, 3.05) is 40.4 Å². The van der Waals surface area contributed by atoms with Crippen LogP contribution >= 0.6 is 0 Å². The Balaban J connectivity index is 1.88. The summed E-state index contributed by atoms with van der Waals surface area (Å²) in [6.07, 6.45) is 0.221. The third-order valence-corrected chi connectivity index (χ3v) is 3.44. The predicted octanol–water partition coefficient (Wildman–Crippen LogP) is 0.987. The summed E-state index contributed by atoms with van der Waals surface area (Å²) >= 11 is 0. The zero-order valence-corrected chi connectivity index (χ0v) is 12.1. The molecule has 1 aromatic rings. The van der Waals surface area contributed by atoms with Crippen LogP contribution in [0.15, 0.2) is 18.2 Å². The molecule has 1 N–H and O–H groups in total. The van der Waals surface area contributed by atoms with Crippen LogP contribution in [0.3, 0.4) is 0 Å². The van der Waals surface area contributed by atoms with E-state index in [1.165, 1.54) is 0 Å². The Hall–Kier alpha value is -1.61. The summed E-state index contributed by atoms with van der Waals surface area (Å²) in [4.78, 5) is 2.27. The molecule has 1 atom stereocenters. The summed E-state index contributed by atoms with van der Waals surface area (Å²) in [5.74, 6) is 0.804. The molecule has 20 heavy (non-hydrogen) atoms. The standard InChI is InChI=1S/C15H21N3O2/c1-18-5-6-20-14(11-18)10-17-9-13-7-12(8-16)3-4-15(13)19-2/h3-4,7,14,17H,5-6,9-11H2,1-2H3. The first kappa shape index (κ1) is 14.8. The van der Waals surface area contributed by atoms with E-state index < -0.39 is 0 Å². The van der Waals surface area contributed by atoms with E-state index in [0.717, 1.165) is 37.6 Å². The average molecular weight is 275 g/mol. The van der Waals surface area contributed by atoms with E-state index in [4.69, 9.17) is 14.7 Å². The van der Waals surface area contributed by atoms with Gasteiger partial charge in [-0.2, -0.15) is 5.26 Å². The van der Waals surface area contributed by atoms with Crippen LogP contribution in [0.2, 0.25) is 0 Å². The second-order valence-electron chi connectivity index (χ2n) is 5.02. The molecule has 5 heteroatoms. The van der Waals surface area contributed by atoms with Gasteiger partial charge in [-0.1, -0.05) is 0 Å². The molecule has 0 aliphatic carbocycles. The first-order valence-electron chi connectivity index (χ1n) is 6.81. The maximum atomic E-state index is 8.95. The number of benzene rings is 1. The first-order chi connectivity index (χ1) is 9.72. The summed E-state index contributed by atoms with van der Waals surface area (Å²) in [7, 11) is 3.75. The van der Waals surface area contributed by atoms with Gasteiger partial charge in [-0.3, -0.25) is 0 Å². The van der Waals surface area contributed by atoms with Crippen molar-refractivity contribution in [2.45, 2.75) is 12.6 Å². The van der Waals surface area contributed by atoms with Gasteiger partial charge in [0.25, 0.3) is 0 Å². The molecule has 1 aliphatic heterocycles. The van der Waals surface area contributed by atoms with E-state index >= 15 is 0 Å². The molecule has 5 nitrogen and oxygen atoms in total. The second-order valence-corrected chi connectivity index (χ2v) is 5.02. The van der Waals surface area contributed by atoms with Gasteiger partial charge in [0.05, 0.1) is 31.5 Å². The number of morpholine rings is 1. The number of methoxy groups -OCH3 is 1. The Bertz CT molecular complexity index is 484. The number of rotatable bonds is 5. The highest BCUT2D eigenvalue weighted by molar-refractivity contribution is 5.41. The van der Waals surface area contributed by atoms with Crippen molar-refractivity contribution < 1.29 is 9.47 Å². The highest BCUT2D eigenvalue weighted by Crippen LogP contribution is 2.19. The third-order valence-electron chi connectivity index (χ3n) is 3.44. The van der Waals surface area contributed by atoms with Crippen LogP contribution in [0.5, 0.6) is 5.75 Å². The molecular weight excluding hydrogens is 254 g/mol. The fraction of sp³-hybridized carbons (Fsp3) is 0.533. The van der Waals surface area contributed by atoms with Gasteiger partial charge in [-0.15, -0.1) is 0 Å². The zero-order valence-electron chi connectivity index (χ0n) is 12.1. The van der Waals surface area contributed by atoms with Gasteiger partial charge < -0.3 is 19.7 Å². The third kappa shape index (κ3) is 3.94. The van der Waals surface area contributed by atoms with Gasteiger partial charge in [0.1, 0.15) is 5.75 Å². The van der Waals surface area contributed by atoms with E-state index in [9.17, 15) is 0 Å². The van der Waals surface area contributed by atoms with Gasteiger partial charge in [-0.25, -0.2) is 0 Å². The number of likely N-dealkylation sites (N-methyl/N-ethyl adjacent to an activating group) is 1. The molecule has 1 fully saturated rings. The lowest BCUT2D eigenvalue weighted by Crippen LogP contribution is -2.44. The normalized spacial score (nSPS) is 19.6. The minimum atomic E-state index is 0.221. The first-order valence-corrected chi connectivity index (χ1v) is 6.81. The Kier molecular flexibility index (Phi) is 5.36. The van der Waals surface area contributed by atoms with Crippen LogP contribution in [0.1, 0.15) is 11.1 Å². The molecule has 0 aromatic heterocycles. The van der Waals surface area contributed by atoms with E-state index in [0.29, 0.717) is 12.1 Å². The lowest BCUT2D eigenvalue weighted by molar-refractivity contribution is -0.0182. The highest BCUT2D eigenvalue weighted by atomic mass is 16.5. The van der Waals surface area contributed by atoms with Crippen molar-refractivity contribution >= 4 is 0 Å². The molecule has 1 unspecified atom stereocenters. The van der Waals surface area contributed by atoms with Gasteiger partial charge in [0.15, 0.2) is 0 Å². The van der Waals surface area contributed by atoms with Gasteiger partial charge in [-0.05, 0) is 25.2 Å². The van der Waals surface area contributed by atoms with Crippen molar-refractivity contribution in [1.82, 2.24) is 10.2 Å². The molecule has 0 amide bonds. The average Bonchev–Trinajstić information content (AvgIpc) is 2.47. The van der Waals surface area contributed by atoms with E-state index in [1.54, 1.807) is 13.2 Å². The molecule has 0 bridgehead atoms. The van der Waals surface area contributed by atoms with Crippen molar-refractivity contribution in [3.05, 3.63) is 29.3 Å². The van der Waals surface area contributed by atoms with Crippen LogP contribution in [0, 0.1) is 11.3 Å². The summed E-state index contributed by atoms with van der Waals surface area (Å²) in [6, 6.07) is 7.61. The van der Waals surface area contributed by atoms with Gasteiger partial charge in [0, 0.05) is 31.7 Å². The predicted molar refractivity (Wildman–Crippen MR) is 76.7 cm³/mol. The quantitative estimate of drug-likeness (QED) is 0.868. The number of nitriles is 1. The minimum Gasteiger partial charge on any atom is -0.496 e.